The van der Waals surface area contributed by atoms with Gasteiger partial charge in [0.2, 0.25) is 0 Å². The number of rotatable bonds is 10. The Balaban J connectivity index is 1.13. The fourth-order valence-electron chi connectivity index (χ4n) is 6.27. The molecule has 2 aliphatic heterocycles. The summed E-state index contributed by atoms with van der Waals surface area (Å²) in [5.74, 6) is -0.666. The van der Waals surface area contributed by atoms with Crippen LogP contribution in [0.5, 0.6) is 0 Å². The van der Waals surface area contributed by atoms with Gasteiger partial charge in [0.15, 0.2) is 6.29 Å². The number of aliphatic hydroxyl groups excluding tert-OH is 1. The summed E-state index contributed by atoms with van der Waals surface area (Å²) in [5.41, 5.74) is 7.15. The third kappa shape index (κ3) is 9.37. The number of aliphatic hydroxyl groups is 1. The van der Waals surface area contributed by atoms with Gasteiger partial charge in [0.1, 0.15) is 0 Å². The number of ether oxygens (including phenoxy) is 2. The molecule has 2 heterocycles. The van der Waals surface area contributed by atoms with Crippen molar-refractivity contribution < 1.29 is 19.4 Å². The SMILES string of the molecule is O=C(NCc1cccc(-c2ccc([C@H]3O[C@@H](CN4CCN(Cc5ccccc5)CC4)C[C@@H](c4ccc(CO)cc4)O3)cc2)c1)C(Cl)(Cl)Cl. The highest BCUT2D eigenvalue weighted by Gasteiger charge is 2.34. The average Bonchev–Trinajstić information content (AvgIpc) is 3.11. The summed E-state index contributed by atoms with van der Waals surface area (Å²) in [5, 5.41) is 12.2. The van der Waals surface area contributed by atoms with E-state index in [-0.39, 0.29) is 25.4 Å². The van der Waals surface area contributed by atoms with Gasteiger partial charge in [-0.3, -0.25) is 14.6 Å². The molecule has 2 saturated heterocycles. The number of alkyl halides is 3. The highest BCUT2D eigenvalue weighted by Crippen LogP contribution is 2.39. The Labute approximate surface area is 297 Å². The van der Waals surface area contributed by atoms with E-state index < -0.39 is 16.0 Å². The lowest BCUT2D eigenvalue weighted by Gasteiger charge is -2.40. The summed E-state index contributed by atoms with van der Waals surface area (Å²) >= 11 is 17.1. The maximum Gasteiger partial charge on any atom is 0.272 e. The lowest BCUT2D eigenvalue weighted by atomic mass is 9.98. The predicted molar refractivity (Wildman–Crippen MR) is 191 cm³/mol. The van der Waals surface area contributed by atoms with Crippen molar-refractivity contribution in [1.29, 1.82) is 0 Å². The van der Waals surface area contributed by atoms with Crippen molar-refractivity contribution in [3.63, 3.8) is 0 Å². The van der Waals surface area contributed by atoms with Crippen LogP contribution in [-0.2, 0) is 34.0 Å². The lowest BCUT2D eigenvalue weighted by molar-refractivity contribution is -0.253. The molecule has 0 aliphatic carbocycles. The summed E-state index contributed by atoms with van der Waals surface area (Å²) in [6.07, 6.45) is 0.0771. The van der Waals surface area contributed by atoms with Crippen LogP contribution in [0.25, 0.3) is 11.1 Å². The molecular weight excluding hydrogens is 669 g/mol. The van der Waals surface area contributed by atoms with E-state index in [9.17, 15) is 9.90 Å². The molecule has 0 spiro atoms. The van der Waals surface area contributed by atoms with E-state index in [0.717, 1.165) is 79.1 Å². The minimum absolute atomic E-state index is 0.00814. The van der Waals surface area contributed by atoms with Crippen molar-refractivity contribution in [3.8, 4) is 11.1 Å². The molecule has 0 saturated carbocycles. The molecule has 4 aromatic carbocycles. The smallest absolute Gasteiger partial charge is 0.272 e. The van der Waals surface area contributed by atoms with E-state index in [4.69, 9.17) is 44.3 Å². The van der Waals surface area contributed by atoms with Crippen LogP contribution in [0.1, 0.15) is 46.6 Å². The van der Waals surface area contributed by atoms with Gasteiger partial charge in [0.25, 0.3) is 9.70 Å². The topological polar surface area (TPSA) is 74.3 Å². The van der Waals surface area contributed by atoms with Crippen molar-refractivity contribution in [1.82, 2.24) is 15.1 Å². The van der Waals surface area contributed by atoms with Gasteiger partial charge in [-0.25, -0.2) is 0 Å². The van der Waals surface area contributed by atoms with E-state index in [1.54, 1.807) is 0 Å². The van der Waals surface area contributed by atoms with Crippen molar-refractivity contribution >= 4 is 40.7 Å². The third-order valence-electron chi connectivity index (χ3n) is 8.94. The first kappa shape index (κ1) is 34.9. The van der Waals surface area contributed by atoms with Crippen molar-refractivity contribution in [2.24, 2.45) is 0 Å². The van der Waals surface area contributed by atoms with Crippen LogP contribution in [0, 0.1) is 0 Å². The molecule has 2 fully saturated rings. The summed E-state index contributed by atoms with van der Waals surface area (Å²) in [7, 11) is 0. The maximum absolute atomic E-state index is 12.0. The first-order valence-electron chi connectivity index (χ1n) is 16.3. The highest BCUT2D eigenvalue weighted by molar-refractivity contribution is 6.76. The number of amides is 1. The first-order chi connectivity index (χ1) is 23.2. The Bertz CT molecular complexity index is 1630. The molecule has 0 aromatic heterocycles. The van der Waals surface area contributed by atoms with Crippen molar-refractivity contribution in [2.45, 2.75) is 48.4 Å². The molecule has 2 N–H and O–H groups in total. The second kappa shape index (κ2) is 16.2. The molecule has 1 amide bonds. The quantitative estimate of drug-likeness (QED) is 0.170. The summed E-state index contributed by atoms with van der Waals surface area (Å²) < 4.78 is 11.2. The number of hydrogen-bond donors (Lipinski definition) is 2. The fraction of sp³-hybridized carbons (Fsp3) is 0.342. The van der Waals surface area contributed by atoms with Crippen LogP contribution in [0.2, 0.25) is 0 Å². The Morgan fingerprint density at radius 3 is 2.10 bits per heavy atom. The van der Waals surface area contributed by atoms with Crippen LogP contribution in [0.15, 0.2) is 103 Å². The van der Waals surface area contributed by atoms with Crippen LogP contribution < -0.4 is 5.32 Å². The normalized spacial score (nSPS) is 20.8. The average molecular weight is 709 g/mol. The molecule has 252 valence electrons. The molecule has 3 atom stereocenters. The van der Waals surface area contributed by atoms with Gasteiger partial charge in [-0.2, -0.15) is 0 Å². The van der Waals surface area contributed by atoms with Crippen LogP contribution in [0.3, 0.4) is 0 Å². The van der Waals surface area contributed by atoms with Crippen LogP contribution in [-0.4, -0.2) is 63.4 Å². The molecule has 0 bridgehead atoms. The number of carbonyl (C=O) groups is 1. The van der Waals surface area contributed by atoms with E-state index in [1.807, 2.05) is 60.7 Å². The summed E-state index contributed by atoms with van der Waals surface area (Å²) in [6, 6.07) is 34.7. The monoisotopic (exact) mass is 707 g/mol. The van der Waals surface area contributed by atoms with Gasteiger partial charge >= 0.3 is 0 Å². The summed E-state index contributed by atoms with van der Waals surface area (Å²) in [6.45, 7) is 6.10. The van der Waals surface area contributed by atoms with Gasteiger partial charge in [-0.05, 0) is 39.4 Å². The maximum atomic E-state index is 12.0. The molecule has 4 aromatic rings. The van der Waals surface area contributed by atoms with Gasteiger partial charge in [0.05, 0.1) is 18.8 Å². The van der Waals surface area contributed by atoms with E-state index >= 15 is 0 Å². The van der Waals surface area contributed by atoms with Crippen molar-refractivity contribution in [2.75, 3.05) is 32.7 Å². The molecule has 0 radical (unpaired) electrons. The highest BCUT2D eigenvalue weighted by atomic mass is 35.6. The van der Waals surface area contributed by atoms with Gasteiger partial charge in [-0.1, -0.05) is 132 Å². The number of carbonyl (C=O) groups excluding carboxylic acids is 1. The zero-order valence-electron chi connectivity index (χ0n) is 26.6. The second-order valence-electron chi connectivity index (χ2n) is 12.4. The Hall–Kier alpha value is -2.98. The second-order valence-corrected chi connectivity index (χ2v) is 14.7. The number of hydrogen-bond acceptors (Lipinski definition) is 6. The molecule has 0 unspecified atom stereocenters. The molecule has 6 rings (SSSR count). The first-order valence-corrected chi connectivity index (χ1v) is 17.4. The zero-order chi connectivity index (χ0) is 33.5. The minimum atomic E-state index is -2.00. The molecule has 48 heavy (non-hydrogen) atoms. The Morgan fingerprint density at radius 1 is 0.750 bits per heavy atom. The van der Waals surface area contributed by atoms with Crippen LogP contribution in [0.4, 0.5) is 0 Å². The molecular formula is C38H40Cl3N3O4. The third-order valence-corrected chi connectivity index (χ3v) is 9.46. The number of nitrogens with one attached hydrogen (secondary N) is 1. The lowest BCUT2D eigenvalue weighted by Crippen LogP contribution is -2.49. The molecule has 7 nitrogen and oxygen atoms in total. The van der Waals surface area contributed by atoms with E-state index in [0.29, 0.717) is 0 Å². The Morgan fingerprint density at radius 2 is 1.42 bits per heavy atom. The molecule has 10 heteroatoms. The van der Waals surface area contributed by atoms with Gasteiger partial charge in [0, 0.05) is 57.8 Å². The summed E-state index contributed by atoms with van der Waals surface area (Å²) in [4.78, 5) is 17.0. The number of halogens is 3. The van der Waals surface area contributed by atoms with E-state index in [1.165, 1.54) is 5.56 Å². The Kier molecular flexibility index (Phi) is 11.7. The van der Waals surface area contributed by atoms with E-state index in [2.05, 4.69) is 57.6 Å². The minimum Gasteiger partial charge on any atom is -0.392 e. The van der Waals surface area contributed by atoms with Gasteiger partial charge in [-0.15, -0.1) is 0 Å². The standard InChI is InChI=1S/C38H40Cl3N3O4/c39-38(40,41)37(46)42-23-29-7-4-8-33(21-29)30-13-15-32(16-14-30)36-47-34(22-35(48-36)31-11-9-28(26-45)10-12-31)25-44-19-17-43(18-20-44)24-27-5-2-1-3-6-27/h1-16,21,34-36,45H,17-20,22-26H2,(H,42,46)/t34-,35+,36+/m1/s1. The molecule has 2 aliphatic rings. The predicted octanol–water partition coefficient (Wildman–Crippen LogP) is 7.20. The fourth-order valence-corrected chi connectivity index (χ4v) is 6.47. The largest absolute Gasteiger partial charge is 0.392 e. The zero-order valence-corrected chi connectivity index (χ0v) is 28.9. The van der Waals surface area contributed by atoms with Gasteiger partial charge < -0.3 is 19.9 Å². The number of nitrogens with zero attached hydrogens (tertiary/aromatic N) is 2. The van der Waals surface area contributed by atoms with Crippen LogP contribution >= 0.6 is 34.8 Å². The number of benzene rings is 4. The van der Waals surface area contributed by atoms with Crippen molar-refractivity contribution in [3.05, 3.63) is 131 Å². The number of piperazine rings is 1.